The maximum atomic E-state index is 12.2. The number of carbonyl (C=O) groups excluding carboxylic acids is 1. The summed E-state index contributed by atoms with van der Waals surface area (Å²) in [4.78, 5) is 16.9. The number of hydrogen-bond acceptors (Lipinski definition) is 3. The maximum Gasteiger partial charge on any atom is 0.317 e. The monoisotopic (exact) mass is 298 g/mol. The normalized spacial score (nSPS) is 22.0. The Morgan fingerprint density at radius 1 is 1.20 bits per heavy atom. The van der Waals surface area contributed by atoms with Crippen LogP contribution in [0.15, 0.2) is 0 Å². The third-order valence-corrected chi connectivity index (χ3v) is 5.14. The molecule has 0 radical (unpaired) electrons. The molecule has 3 N–H and O–H groups in total. The van der Waals surface area contributed by atoms with E-state index >= 15 is 0 Å². The molecule has 5 nitrogen and oxygen atoms in total. The van der Waals surface area contributed by atoms with Crippen molar-refractivity contribution in [2.24, 2.45) is 5.73 Å². The maximum absolute atomic E-state index is 12.2. The van der Waals surface area contributed by atoms with Crippen molar-refractivity contribution in [1.29, 1.82) is 0 Å². The highest BCUT2D eigenvalue weighted by Crippen LogP contribution is 2.19. The van der Waals surface area contributed by atoms with Crippen LogP contribution in [0.1, 0.15) is 39.5 Å². The molecule has 1 saturated carbocycles. The third-order valence-electron chi connectivity index (χ3n) is 4.64. The van der Waals surface area contributed by atoms with Gasteiger partial charge >= 0.3 is 6.03 Å². The highest BCUT2D eigenvalue weighted by molar-refractivity contribution is 7.80. The van der Waals surface area contributed by atoms with Gasteiger partial charge in [0, 0.05) is 32.2 Å². The van der Waals surface area contributed by atoms with Crippen LogP contribution < -0.4 is 11.1 Å². The van der Waals surface area contributed by atoms with Crippen molar-refractivity contribution in [3.8, 4) is 0 Å². The van der Waals surface area contributed by atoms with Crippen LogP contribution in [-0.2, 0) is 0 Å². The second-order valence-electron chi connectivity index (χ2n) is 6.33. The first kappa shape index (κ1) is 15.5. The predicted octanol–water partition coefficient (Wildman–Crippen LogP) is 1.32. The fraction of sp³-hybridized carbons (Fsp3) is 0.857. The summed E-state index contributed by atoms with van der Waals surface area (Å²) in [7, 11) is 0. The van der Waals surface area contributed by atoms with Gasteiger partial charge in [0.15, 0.2) is 0 Å². The minimum Gasteiger partial charge on any atom is -0.392 e. The summed E-state index contributed by atoms with van der Waals surface area (Å²) in [5, 5.41) is 3.14. The smallest absolute Gasteiger partial charge is 0.317 e. The van der Waals surface area contributed by atoms with E-state index in [1.54, 1.807) is 0 Å². The van der Waals surface area contributed by atoms with Gasteiger partial charge in [0.05, 0.1) is 10.5 Å². The quantitative estimate of drug-likeness (QED) is 0.772. The van der Waals surface area contributed by atoms with Crippen LogP contribution in [0.4, 0.5) is 4.79 Å². The molecule has 2 aliphatic rings. The van der Waals surface area contributed by atoms with Gasteiger partial charge in [-0.3, -0.25) is 4.90 Å². The molecule has 1 aliphatic carbocycles. The molecule has 1 aliphatic heterocycles. The van der Waals surface area contributed by atoms with Crippen molar-refractivity contribution >= 4 is 23.2 Å². The molecule has 0 aromatic rings. The van der Waals surface area contributed by atoms with Gasteiger partial charge in [0.2, 0.25) is 0 Å². The number of piperazine rings is 1. The number of urea groups is 1. The number of nitrogens with two attached hydrogens (primary N) is 1. The standard InChI is InChI=1S/C14H26N4OS/c1-14(2,12(15)20)18-9-7-17(8-10-18)13(19)16-11-5-3-4-6-11/h11H,3-10H2,1-2H3,(H2,15,20)(H,16,19). The molecule has 20 heavy (non-hydrogen) atoms. The first-order valence-electron chi connectivity index (χ1n) is 7.51. The first-order valence-corrected chi connectivity index (χ1v) is 7.92. The van der Waals surface area contributed by atoms with Crippen LogP contribution in [0, 0.1) is 0 Å². The zero-order chi connectivity index (χ0) is 14.8. The molecule has 2 amide bonds. The van der Waals surface area contributed by atoms with Gasteiger partial charge in [-0.2, -0.15) is 0 Å². The Labute approximate surface area is 126 Å². The van der Waals surface area contributed by atoms with Crippen molar-refractivity contribution < 1.29 is 4.79 Å². The Morgan fingerprint density at radius 3 is 2.25 bits per heavy atom. The highest BCUT2D eigenvalue weighted by atomic mass is 32.1. The summed E-state index contributed by atoms with van der Waals surface area (Å²) in [6.45, 7) is 7.22. The second kappa shape index (κ2) is 6.26. The lowest BCUT2D eigenvalue weighted by molar-refractivity contribution is 0.0972. The van der Waals surface area contributed by atoms with Crippen LogP contribution in [0.25, 0.3) is 0 Å². The molecule has 114 valence electrons. The lowest BCUT2D eigenvalue weighted by Gasteiger charge is -2.43. The largest absolute Gasteiger partial charge is 0.392 e. The molecule has 2 rings (SSSR count). The molecule has 2 fully saturated rings. The highest BCUT2D eigenvalue weighted by Gasteiger charge is 2.33. The Kier molecular flexibility index (Phi) is 4.86. The lowest BCUT2D eigenvalue weighted by atomic mass is 10.0. The van der Waals surface area contributed by atoms with E-state index in [0.717, 1.165) is 39.0 Å². The van der Waals surface area contributed by atoms with E-state index in [0.29, 0.717) is 11.0 Å². The summed E-state index contributed by atoms with van der Waals surface area (Å²) in [6, 6.07) is 0.471. The third kappa shape index (κ3) is 3.41. The van der Waals surface area contributed by atoms with Gasteiger partial charge in [-0.1, -0.05) is 25.1 Å². The van der Waals surface area contributed by atoms with Gasteiger partial charge in [-0.15, -0.1) is 0 Å². The van der Waals surface area contributed by atoms with E-state index in [9.17, 15) is 4.79 Å². The van der Waals surface area contributed by atoms with Crippen molar-refractivity contribution in [3.63, 3.8) is 0 Å². The van der Waals surface area contributed by atoms with E-state index in [-0.39, 0.29) is 11.6 Å². The molecule has 1 heterocycles. The van der Waals surface area contributed by atoms with E-state index in [2.05, 4.69) is 10.2 Å². The molecule has 0 aromatic carbocycles. The van der Waals surface area contributed by atoms with Crippen molar-refractivity contribution in [2.45, 2.75) is 51.1 Å². The summed E-state index contributed by atoms with van der Waals surface area (Å²) < 4.78 is 0. The van der Waals surface area contributed by atoms with E-state index in [1.807, 2.05) is 18.7 Å². The average molecular weight is 298 g/mol. The van der Waals surface area contributed by atoms with Gasteiger partial charge in [0.25, 0.3) is 0 Å². The molecule has 0 atom stereocenters. The van der Waals surface area contributed by atoms with Crippen molar-refractivity contribution in [2.75, 3.05) is 26.2 Å². The molecule has 1 saturated heterocycles. The SMILES string of the molecule is CC(C)(C(N)=S)N1CCN(C(=O)NC2CCCC2)CC1. The van der Waals surface area contributed by atoms with E-state index < -0.39 is 0 Å². The van der Waals surface area contributed by atoms with Gasteiger partial charge < -0.3 is 16.0 Å². The van der Waals surface area contributed by atoms with Crippen LogP contribution in [-0.4, -0.2) is 58.6 Å². The van der Waals surface area contributed by atoms with Crippen LogP contribution in [0.2, 0.25) is 0 Å². The summed E-state index contributed by atoms with van der Waals surface area (Å²) in [5.41, 5.74) is 5.53. The number of nitrogens with zero attached hydrogens (tertiary/aromatic N) is 2. The summed E-state index contributed by atoms with van der Waals surface area (Å²) in [5.74, 6) is 0. The lowest BCUT2D eigenvalue weighted by Crippen LogP contribution is -2.61. The zero-order valence-corrected chi connectivity index (χ0v) is 13.3. The number of rotatable bonds is 3. The van der Waals surface area contributed by atoms with Crippen LogP contribution >= 0.6 is 12.2 Å². The first-order chi connectivity index (χ1) is 9.41. The number of carbonyl (C=O) groups is 1. The number of amides is 2. The molecule has 0 aromatic heterocycles. The molecule has 0 spiro atoms. The van der Waals surface area contributed by atoms with Crippen LogP contribution in [0.5, 0.6) is 0 Å². The average Bonchev–Trinajstić information content (AvgIpc) is 2.91. The Morgan fingerprint density at radius 2 is 1.75 bits per heavy atom. The molecule has 6 heteroatoms. The second-order valence-corrected chi connectivity index (χ2v) is 6.77. The topological polar surface area (TPSA) is 61.6 Å². The van der Waals surface area contributed by atoms with Crippen molar-refractivity contribution in [1.82, 2.24) is 15.1 Å². The molecule has 0 unspecified atom stereocenters. The fourth-order valence-corrected chi connectivity index (χ4v) is 3.09. The fourth-order valence-electron chi connectivity index (χ4n) is 2.96. The predicted molar refractivity (Wildman–Crippen MR) is 84.8 cm³/mol. The molecular weight excluding hydrogens is 272 g/mol. The van der Waals surface area contributed by atoms with Gasteiger partial charge in [-0.25, -0.2) is 4.79 Å². The number of thiocarbonyl (C=S) groups is 1. The van der Waals surface area contributed by atoms with Gasteiger partial charge in [-0.05, 0) is 26.7 Å². The Balaban J connectivity index is 1.81. The molecular formula is C14H26N4OS. The van der Waals surface area contributed by atoms with Gasteiger partial charge in [0.1, 0.15) is 0 Å². The van der Waals surface area contributed by atoms with E-state index in [4.69, 9.17) is 18.0 Å². The van der Waals surface area contributed by atoms with Crippen LogP contribution in [0.3, 0.4) is 0 Å². The van der Waals surface area contributed by atoms with Crippen molar-refractivity contribution in [3.05, 3.63) is 0 Å². The molecule has 0 bridgehead atoms. The zero-order valence-electron chi connectivity index (χ0n) is 12.5. The Hall–Kier alpha value is -0.880. The number of nitrogens with one attached hydrogen (secondary N) is 1. The minimum atomic E-state index is -0.274. The Bertz CT molecular complexity index is 371. The van der Waals surface area contributed by atoms with E-state index in [1.165, 1.54) is 12.8 Å². The summed E-state index contributed by atoms with van der Waals surface area (Å²) >= 11 is 5.13. The number of hydrogen-bond donors (Lipinski definition) is 2. The minimum absolute atomic E-state index is 0.0877. The summed E-state index contributed by atoms with van der Waals surface area (Å²) in [6.07, 6.45) is 4.72.